The molecular weight excluding hydrogens is 220 g/mol. The van der Waals surface area contributed by atoms with Crippen molar-refractivity contribution in [2.75, 3.05) is 6.54 Å². The number of hydrogen-bond acceptors (Lipinski definition) is 3. The lowest BCUT2D eigenvalue weighted by Crippen LogP contribution is -2.62. The Hall–Kier alpha value is -1.39. The lowest BCUT2D eigenvalue weighted by Gasteiger charge is -2.36. The van der Waals surface area contributed by atoms with Gasteiger partial charge in [0.05, 0.1) is 0 Å². The van der Waals surface area contributed by atoms with E-state index in [2.05, 4.69) is 5.32 Å². The fourth-order valence-corrected chi connectivity index (χ4v) is 1.69. The van der Waals surface area contributed by atoms with Gasteiger partial charge in [-0.15, -0.1) is 0 Å². The van der Waals surface area contributed by atoms with E-state index in [1.807, 2.05) is 13.8 Å². The summed E-state index contributed by atoms with van der Waals surface area (Å²) < 4.78 is 0. The van der Waals surface area contributed by atoms with Crippen molar-refractivity contribution in [1.29, 1.82) is 0 Å². The third-order valence-electron chi connectivity index (χ3n) is 3.32. The minimum absolute atomic E-state index is 0.366. The molecule has 0 aromatic carbocycles. The molecule has 1 saturated heterocycles. The molecule has 17 heavy (non-hydrogen) atoms. The van der Waals surface area contributed by atoms with Gasteiger partial charge in [-0.25, -0.2) is 4.79 Å². The summed E-state index contributed by atoms with van der Waals surface area (Å²) in [6, 6.07) is -0.591. The second-order valence-electron chi connectivity index (χ2n) is 5.08. The van der Waals surface area contributed by atoms with Crippen LogP contribution in [0.2, 0.25) is 0 Å². The molecule has 0 aromatic heterocycles. The maximum absolute atomic E-state index is 12.2. The summed E-state index contributed by atoms with van der Waals surface area (Å²) in [5.74, 6) is -0.466. The van der Waals surface area contributed by atoms with Gasteiger partial charge in [0.2, 0.25) is 11.8 Å². The van der Waals surface area contributed by atoms with Crippen LogP contribution in [0.5, 0.6) is 0 Å². The first kappa shape index (κ1) is 13.7. The molecule has 0 bridgehead atoms. The van der Waals surface area contributed by atoms with Gasteiger partial charge in [-0.3, -0.25) is 19.8 Å². The zero-order valence-electron chi connectivity index (χ0n) is 10.9. The predicted octanol–water partition coefficient (Wildman–Crippen LogP) is 1.53. The Labute approximate surface area is 102 Å². The lowest BCUT2D eigenvalue weighted by atomic mass is 9.83. The maximum Gasteiger partial charge on any atom is 0.330 e. The number of hydrogen-bond donors (Lipinski definition) is 1. The van der Waals surface area contributed by atoms with Gasteiger partial charge in [0.15, 0.2) is 0 Å². The largest absolute Gasteiger partial charge is 0.330 e. The Morgan fingerprint density at radius 3 is 2.35 bits per heavy atom. The summed E-state index contributed by atoms with van der Waals surface area (Å²) >= 11 is 0. The zero-order valence-corrected chi connectivity index (χ0v) is 10.9. The minimum atomic E-state index is -1.11. The van der Waals surface area contributed by atoms with E-state index in [4.69, 9.17) is 0 Å². The van der Waals surface area contributed by atoms with Crippen molar-refractivity contribution in [2.24, 2.45) is 11.3 Å². The van der Waals surface area contributed by atoms with E-state index in [1.165, 1.54) is 0 Å². The standard InChI is InChI=1S/C12H20N2O3/c1-5-12(4)9(15)13-11(17)14(10(12)16)7-6-8(2)3/h8H,5-7H2,1-4H3,(H,13,15,17). The van der Waals surface area contributed by atoms with Crippen molar-refractivity contribution in [3.05, 3.63) is 0 Å². The minimum Gasteiger partial charge on any atom is -0.277 e. The van der Waals surface area contributed by atoms with E-state index in [9.17, 15) is 14.4 Å². The van der Waals surface area contributed by atoms with Gasteiger partial charge in [-0.1, -0.05) is 20.8 Å². The lowest BCUT2D eigenvalue weighted by molar-refractivity contribution is -0.150. The summed E-state index contributed by atoms with van der Waals surface area (Å²) in [5, 5.41) is 2.25. The molecule has 0 radical (unpaired) electrons. The van der Waals surface area contributed by atoms with Gasteiger partial charge in [0.1, 0.15) is 5.41 Å². The van der Waals surface area contributed by atoms with Crippen molar-refractivity contribution in [3.8, 4) is 0 Å². The number of barbiturate groups is 1. The highest BCUT2D eigenvalue weighted by Gasteiger charge is 2.48. The topological polar surface area (TPSA) is 66.5 Å². The molecule has 0 aromatic rings. The molecule has 96 valence electrons. The fourth-order valence-electron chi connectivity index (χ4n) is 1.69. The van der Waals surface area contributed by atoms with Crippen LogP contribution in [0.3, 0.4) is 0 Å². The van der Waals surface area contributed by atoms with E-state index in [0.717, 1.165) is 11.3 Å². The molecule has 0 spiro atoms. The number of carbonyl (C=O) groups excluding carboxylic acids is 3. The number of rotatable bonds is 4. The molecule has 1 aliphatic rings. The summed E-state index contributed by atoms with van der Waals surface area (Å²) in [7, 11) is 0. The molecule has 5 heteroatoms. The van der Waals surface area contributed by atoms with Gasteiger partial charge < -0.3 is 0 Å². The second kappa shape index (κ2) is 4.85. The molecule has 1 aliphatic heterocycles. The number of nitrogens with one attached hydrogen (secondary N) is 1. The van der Waals surface area contributed by atoms with Gasteiger partial charge in [-0.2, -0.15) is 0 Å². The third kappa shape index (κ3) is 2.48. The summed E-state index contributed by atoms with van der Waals surface area (Å²) in [4.78, 5) is 36.6. The number of carbonyl (C=O) groups is 3. The third-order valence-corrected chi connectivity index (χ3v) is 3.32. The van der Waals surface area contributed by atoms with Crippen LogP contribution in [-0.2, 0) is 9.59 Å². The number of urea groups is 1. The molecule has 0 aliphatic carbocycles. The van der Waals surface area contributed by atoms with Crippen molar-refractivity contribution in [1.82, 2.24) is 10.2 Å². The fraction of sp³-hybridized carbons (Fsp3) is 0.750. The van der Waals surface area contributed by atoms with Gasteiger partial charge in [-0.05, 0) is 25.7 Å². The zero-order chi connectivity index (χ0) is 13.2. The monoisotopic (exact) mass is 240 g/mol. The van der Waals surface area contributed by atoms with Crippen LogP contribution < -0.4 is 5.32 Å². The number of imide groups is 2. The molecule has 1 fully saturated rings. The van der Waals surface area contributed by atoms with Crippen LogP contribution in [0, 0.1) is 11.3 Å². The first-order chi connectivity index (χ1) is 7.82. The molecule has 1 heterocycles. The maximum atomic E-state index is 12.2. The van der Waals surface area contributed by atoms with Crippen LogP contribution in [-0.4, -0.2) is 29.3 Å². The molecule has 4 amide bonds. The van der Waals surface area contributed by atoms with Crippen molar-refractivity contribution < 1.29 is 14.4 Å². The Morgan fingerprint density at radius 2 is 1.88 bits per heavy atom. The van der Waals surface area contributed by atoms with Gasteiger partial charge in [0.25, 0.3) is 0 Å². The SMILES string of the molecule is CCC1(C)C(=O)NC(=O)N(CCC(C)C)C1=O. The molecule has 0 saturated carbocycles. The van der Waals surface area contributed by atoms with E-state index < -0.39 is 17.4 Å². The average molecular weight is 240 g/mol. The van der Waals surface area contributed by atoms with E-state index in [0.29, 0.717) is 18.9 Å². The molecular formula is C12H20N2O3. The van der Waals surface area contributed by atoms with Gasteiger partial charge in [0, 0.05) is 6.54 Å². The van der Waals surface area contributed by atoms with Crippen LogP contribution in [0.25, 0.3) is 0 Å². The van der Waals surface area contributed by atoms with Crippen LogP contribution in [0.1, 0.15) is 40.5 Å². The highest BCUT2D eigenvalue weighted by atomic mass is 16.2. The van der Waals surface area contributed by atoms with Gasteiger partial charge >= 0.3 is 6.03 Å². The molecule has 1 N–H and O–H groups in total. The molecule has 5 nitrogen and oxygen atoms in total. The van der Waals surface area contributed by atoms with Crippen LogP contribution in [0.15, 0.2) is 0 Å². The Morgan fingerprint density at radius 1 is 1.29 bits per heavy atom. The normalized spacial score (nSPS) is 25.5. The Kier molecular flexibility index (Phi) is 3.91. The molecule has 1 unspecified atom stereocenters. The van der Waals surface area contributed by atoms with Crippen molar-refractivity contribution in [2.45, 2.75) is 40.5 Å². The Bertz CT molecular complexity index is 352. The highest BCUT2D eigenvalue weighted by Crippen LogP contribution is 2.28. The van der Waals surface area contributed by atoms with E-state index in [-0.39, 0.29) is 5.91 Å². The van der Waals surface area contributed by atoms with Crippen LogP contribution in [0.4, 0.5) is 4.79 Å². The average Bonchev–Trinajstić information content (AvgIpc) is 2.25. The summed E-state index contributed by atoms with van der Waals surface area (Å²) in [6.07, 6.45) is 1.14. The molecule has 1 rings (SSSR count). The molecule has 1 atom stereocenters. The Balaban J connectivity index is 2.87. The smallest absolute Gasteiger partial charge is 0.277 e. The van der Waals surface area contributed by atoms with Crippen LogP contribution >= 0.6 is 0 Å². The summed E-state index contributed by atoms with van der Waals surface area (Å²) in [6.45, 7) is 7.77. The first-order valence-corrected chi connectivity index (χ1v) is 6.00. The van der Waals surface area contributed by atoms with E-state index in [1.54, 1.807) is 13.8 Å². The van der Waals surface area contributed by atoms with E-state index >= 15 is 0 Å². The quantitative estimate of drug-likeness (QED) is 0.758. The van der Waals surface area contributed by atoms with Crippen molar-refractivity contribution >= 4 is 17.8 Å². The number of amides is 4. The number of nitrogens with zero attached hydrogens (tertiary/aromatic N) is 1. The second-order valence-corrected chi connectivity index (χ2v) is 5.08. The predicted molar refractivity (Wildman–Crippen MR) is 63.1 cm³/mol. The highest BCUT2D eigenvalue weighted by molar-refractivity contribution is 6.18. The first-order valence-electron chi connectivity index (χ1n) is 6.00. The summed E-state index contributed by atoms with van der Waals surface area (Å²) in [5.41, 5.74) is -1.11. The van der Waals surface area contributed by atoms with Crippen molar-refractivity contribution in [3.63, 3.8) is 0 Å².